The Morgan fingerprint density at radius 1 is 1.44 bits per heavy atom. The lowest BCUT2D eigenvalue weighted by atomic mass is 10.2. The smallest absolute Gasteiger partial charge is 0.224 e. The Morgan fingerprint density at radius 2 is 2.22 bits per heavy atom. The number of fused-ring (bicyclic) bond motifs is 1. The van der Waals surface area contributed by atoms with Crippen LogP contribution in [0.1, 0.15) is 19.8 Å². The summed E-state index contributed by atoms with van der Waals surface area (Å²) in [5.41, 5.74) is 0.867. The number of amides is 1. The highest BCUT2D eigenvalue weighted by Gasteiger charge is 2.08. The van der Waals surface area contributed by atoms with E-state index in [-0.39, 0.29) is 11.3 Å². The van der Waals surface area contributed by atoms with Crippen LogP contribution in [0.5, 0.6) is 0 Å². The Kier molecular flexibility index (Phi) is 3.81. The van der Waals surface area contributed by atoms with Crippen molar-refractivity contribution in [2.75, 3.05) is 5.32 Å². The zero-order valence-electron chi connectivity index (χ0n) is 9.92. The molecule has 2 aromatic rings. The van der Waals surface area contributed by atoms with Crippen molar-refractivity contribution in [2.24, 2.45) is 0 Å². The maximum atomic E-state index is 12.1. The molecule has 1 amide bonds. The topological polar surface area (TPSA) is 62.0 Å². The molecule has 0 saturated heterocycles. The molecule has 4 nitrogen and oxygen atoms in total. The molecular weight excluding hydrogens is 296 g/mol. The fourth-order valence-corrected chi connectivity index (χ4v) is 2.09. The summed E-state index contributed by atoms with van der Waals surface area (Å²) < 4.78 is 0.897. The fraction of sp³-hybridized carbons (Fsp3) is 0.231. The predicted octanol–water partition coefficient (Wildman–Crippen LogP) is 3.03. The summed E-state index contributed by atoms with van der Waals surface area (Å²) >= 11 is 3.34. The molecule has 0 saturated carbocycles. The summed E-state index contributed by atoms with van der Waals surface area (Å²) in [6, 6.07) is 5.36. The first-order valence-corrected chi connectivity index (χ1v) is 6.52. The van der Waals surface area contributed by atoms with Gasteiger partial charge in [-0.3, -0.25) is 9.59 Å². The van der Waals surface area contributed by atoms with E-state index in [2.05, 4.69) is 26.2 Å². The number of aromatic nitrogens is 1. The number of rotatable bonds is 3. The van der Waals surface area contributed by atoms with Gasteiger partial charge < -0.3 is 10.3 Å². The van der Waals surface area contributed by atoms with Gasteiger partial charge >= 0.3 is 0 Å². The minimum atomic E-state index is -0.166. The van der Waals surface area contributed by atoms with Crippen LogP contribution in [0, 0.1) is 0 Å². The zero-order valence-corrected chi connectivity index (χ0v) is 11.5. The molecule has 0 aliphatic rings. The Bertz CT molecular complexity index is 649. The normalized spacial score (nSPS) is 10.6. The number of anilines is 1. The molecule has 5 heteroatoms. The van der Waals surface area contributed by atoms with Gasteiger partial charge in [0.15, 0.2) is 0 Å². The SMILES string of the molecule is CCCC(=O)Nc1c[nH]c2cc(Br)ccc2c1=O. The summed E-state index contributed by atoms with van der Waals surface area (Å²) in [4.78, 5) is 26.6. The van der Waals surface area contributed by atoms with Crippen molar-refractivity contribution in [3.63, 3.8) is 0 Å². The Balaban J connectivity index is 2.42. The Morgan fingerprint density at radius 3 is 2.94 bits per heavy atom. The van der Waals surface area contributed by atoms with Crippen LogP contribution in [0.3, 0.4) is 0 Å². The molecule has 0 fully saturated rings. The first-order chi connectivity index (χ1) is 8.61. The van der Waals surface area contributed by atoms with Gasteiger partial charge in [-0.15, -0.1) is 0 Å². The highest BCUT2D eigenvalue weighted by Crippen LogP contribution is 2.16. The largest absolute Gasteiger partial charge is 0.359 e. The summed E-state index contributed by atoms with van der Waals surface area (Å²) in [5.74, 6) is -0.139. The van der Waals surface area contributed by atoms with Gasteiger partial charge in [-0.1, -0.05) is 22.9 Å². The fourth-order valence-electron chi connectivity index (χ4n) is 1.73. The van der Waals surface area contributed by atoms with Crippen LogP contribution in [-0.2, 0) is 4.79 Å². The zero-order chi connectivity index (χ0) is 13.1. The molecule has 18 heavy (non-hydrogen) atoms. The third-order valence-electron chi connectivity index (χ3n) is 2.59. The number of nitrogens with one attached hydrogen (secondary N) is 2. The van der Waals surface area contributed by atoms with Crippen LogP contribution < -0.4 is 10.7 Å². The average molecular weight is 309 g/mol. The van der Waals surface area contributed by atoms with E-state index in [1.165, 1.54) is 6.20 Å². The number of carbonyl (C=O) groups excluding carboxylic acids is 1. The molecule has 0 spiro atoms. The van der Waals surface area contributed by atoms with E-state index in [4.69, 9.17) is 0 Å². The second-order valence-corrected chi connectivity index (χ2v) is 4.94. The molecule has 0 aliphatic carbocycles. The molecule has 1 heterocycles. The van der Waals surface area contributed by atoms with Gasteiger partial charge in [-0.05, 0) is 24.6 Å². The second kappa shape index (κ2) is 5.35. The van der Waals surface area contributed by atoms with Crippen LogP contribution in [0.4, 0.5) is 5.69 Å². The van der Waals surface area contributed by atoms with E-state index >= 15 is 0 Å². The maximum Gasteiger partial charge on any atom is 0.224 e. The van der Waals surface area contributed by atoms with E-state index in [0.717, 1.165) is 16.4 Å². The predicted molar refractivity (Wildman–Crippen MR) is 75.8 cm³/mol. The molecular formula is C13H13BrN2O2. The number of halogens is 1. The van der Waals surface area contributed by atoms with Crippen molar-refractivity contribution >= 4 is 38.4 Å². The lowest BCUT2D eigenvalue weighted by molar-refractivity contribution is -0.116. The maximum absolute atomic E-state index is 12.1. The van der Waals surface area contributed by atoms with Crippen molar-refractivity contribution < 1.29 is 4.79 Å². The van der Waals surface area contributed by atoms with Gasteiger partial charge in [0.25, 0.3) is 0 Å². The van der Waals surface area contributed by atoms with E-state index in [1.807, 2.05) is 13.0 Å². The number of aromatic amines is 1. The van der Waals surface area contributed by atoms with Crippen LogP contribution in [0.25, 0.3) is 10.9 Å². The number of carbonyl (C=O) groups is 1. The molecule has 2 rings (SSSR count). The van der Waals surface area contributed by atoms with Gasteiger partial charge in [0.2, 0.25) is 11.3 Å². The Hall–Kier alpha value is -1.62. The Labute approximate surface area is 113 Å². The van der Waals surface area contributed by atoms with Gasteiger partial charge in [0, 0.05) is 22.5 Å². The lowest BCUT2D eigenvalue weighted by Crippen LogP contribution is -2.18. The highest BCUT2D eigenvalue weighted by molar-refractivity contribution is 9.10. The minimum absolute atomic E-state index is 0.139. The summed E-state index contributed by atoms with van der Waals surface area (Å²) in [6.07, 6.45) is 2.70. The summed E-state index contributed by atoms with van der Waals surface area (Å²) in [7, 11) is 0. The van der Waals surface area contributed by atoms with E-state index in [1.54, 1.807) is 12.1 Å². The van der Waals surface area contributed by atoms with Crippen molar-refractivity contribution in [2.45, 2.75) is 19.8 Å². The molecule has 1 aromatic heterocycles. The molecule has 0 radical (unpaired) electrons. The highest BCUT2D eigenvalue weighted by atomic mass is 79.9. The van der Waals surface area contributed by atoms with Crippen molar-refractivity contribution in [1.82, 2.24) is 4.98 Å². The number of hydrogen-bond donors (Lipinski definition) is 2. The monoisotopic (exact) mass is 308 g/mol. The number of benzene rings is 1. The molecule has 0 atom stereocenters. The van der Waals surface area contributed by atoms with Gasteiger partial charge in [-0.2, -0.15) is 0 Å². The third kappa shape index (κ3) is 2.61. The van der Waals surface area contributed by atoms with E-state index in [9.17, 15) is 9.59 Å². The van der Waals surface area contributed by atoms with E-state index < -0.39 is 0 Å². The first kappa shape index (κ1) is 12.8. The molecule has 0 bridgehead atoms. The van der Waals surface area contributed by atoms with Crippen molar-refractivity contribution in [1.29, 1.82) is 0 Å². The number of H-pyrrole nitrogens is 1. The van der Waals surface area contributed by atoms with Crippen LogP contribution in [0.15, 0.2) is 33.7 Å². The standard InChI is InChI=1S/C13H13BrN2O2/c1-2-3-12(17)16-11-7-15-10-6-8(14)4-5-9(10)13(11)18/h4-7H,2-3H2,1H3,(H,15,18)(H,16,17). The van der Waals surface area contributed by atoms with Crippen LogP contribution in [0.2, 0.25) is 0 Å². The van der Waals surface area contributed by atoms with Gasteiger partial charge in [0.1, 0.15) is 5.69 Å². The quantitative estimate of drug-likeness (QED) is 0.915. The van der Waals surface area contributed by atoms with Crippen LogP contribution in [-0.4, -0.2) is 10.9 Å². The first-order valence-electron chi connectivity index (χ1n) is 5.72. The van der Waals surface area contributed by atoms with Gasteiger partial charge in [-0.25, -0.2) is 0 Å². The number of pyridine rings is 1. The second-order valence-electron chi connectivity index (χ2n) is 4.02. The molecule has 2 N–H and O–H groups in total. The molecule has 94 valence electrons. The van der Waals surface area contributed by atoms with Crippen molar-refractivity contribution in [3.05, 3.63) is 39.1 Å². The van der Waals surface area contributed by atoms with Gasteiger partial charge in [0.05, 0.1) is 5.52 Å². The molecule has 1 aromatic carbocycles. The molecule has 0 aliphatic heterocycles. The average Bonchev–Trinajstić information content (AvgIpc) is 2.33. The van der Waals surface area contributed by atoms with Crippen LogP contribution >= 0.6 is 15.9 Å². The third-order valence-corrected chi connectivity index (χ3v) is 3.09. The van der Waals surface area contributed by atoms with Crippen molar-refractivity contribution in [3.8, 4) is 0 Å². The minimum Gasteiger partial charge on any atom is -0.359 e. The summed E-state index contributed by atoms with van der Waals surface area (Å²) in [5, 5.41) is 3.19. The summed E-state index contributed by atoms with van der Waals surface area (Å²) in [6.45, 7) is 1.92. The number of hydrogen-bond acceptors (Lipinski definition) is 2. The van der Waals surface area contributed by atoms with E-state index in [0.29, 0.717) is 17.5 Å². The lowest BCUT2D eigenvalue weighted by Gasteiger charge is -2.05. The molecule has 0 unspecified atom stereocenters.